The minimum Gasteiger partial charge on any atom is -0.491 e. The van der Waals surface area contributed by atoms with Crippen LogP contribution in [0.25, 0.3) is 0 Å². The van der Waals surface area contributed by atoms with Crippen LogP contribution in [-0.4, -0.2) is 29.7 Å². The van der Waals surface area contributed by atoms with Gasteiger partial charge in [-0.25, -0.2) is 4.98 Å². The zero-order valence-electron chi connectivity index (χ0n) is 8.60. The van der Waals surface area contributed by atoms with Gasteiger partial charge in [0.05, 0.1) is 13.7 Å². The molecule has 6 nitrogen and oxygen atoms in total. The Morgan fingerprint density at radius 2 is 2.40 bits per heavy atom. The molecular formula is C9H13N3O3. The average molecular weight is 211 g/mol. The van der Waals surface area contributed by atoms with Gasteiger partial charge in [0.2, 0.25) is 0 Å². The summed E-state index contributed by atoms with van der Waals surface area (Å²) in [7, 11) is 1.50. The molecule has 0 saturated carbocycles. The van der Waals surface area contributed by atoms with Gasteiger partial charge < -0.3 is 20.4 Å². The molecule has 0 fully saturated rings. The molecule has 1 heterocycles. The van der Waals surface area contributed by atoms with E-state index >= 15 is 0 Å². The molecule has 0 unspecified atom stereocenters. The number of methoxy groups -OCH3 is 1. The van der Waals surface area contributed by atoms with Gasteiger partial charge in [-0.1, -0.05) is 5.16 Å². The fourth-order valence-corrected chi connectivity index (χ4v) is 1.02. The van der Waals surface area contributed by atoms with Crippen molar-refractivity contribution in [2.24, 2.45) is 10.9 Å². The Labute approximate surface area is 87.3 Å². The standard InChI is InChI=1S/C9H13N3O3/c1-3-15-9-7(14-2)4-6(5-11-9)8(10)12-13/h4-5,13H,3H2,1-2H3,(H2,10,12). The fourth-order valence-electron chi connectivity index (χ4n) is 1.02. The second kappa shape index (κ2) is 5.04. The van der Waals surface area contributed by atoms with E-state index in [1.54, 1.807) is 6.07 Å². The van der Waals surface area contributed by atoms with Crippen LogP contribution in [0.1, 0.15) is 12.5 Å². The van der Waals surface area contributed by atoms with Crippen molar-refractivity contribution in [1.82, 2.24) is 4.98 Å². The van der Waals surface area contributed by atoms with Gasteiger partial charge in [0.25, 0.3) is 5.88 Å². The first kappa shape index (κ1) is 11.1. The predicted octanol–water partition coefficient (Wildman–Crippen LogP) is 0.583. The molecule has 0 aliphatic rings. The highest BCUT2D eigenvalue weighted by molar-refractivity contribution is 5.97. The van der Waals surface area contributed by atoms with Crippen molar-refractivity contribution in [3.05, 3.63) is 17.8 Å². The van der Waals surface area contributed by atoms with Gasteiger partial charge in [-0.15, -0.1) is 0 Å². The summed E-state index contributed by atoms with van der Waals surface area (Å²) in [5, 5.41) is 11.4. The van der Waals surface area contributed by atoms with Gasteiger partial charge in [0, 0.05) is 11.8 Å². The Morgan fingerprint density at radius 3 is 2.93 bits per heavy atom. The van der Waals surface area contributed by atoms with Crippen molar-refractivity contribution in [1.29, 1.82) is 0 Å². The molecule has 0 amide bonds. The lowest BCUT2D eigenvalue weighted by atomic mass is 10.2. The Kier molecular flexibility index (Phi) is 3.73. The number of pyridine rings is 1. The van der Waals surface area contributed by atoms with Crippen LogP contribution in [0, 0.1) is 0 Å². The maximum atomic E-state index is 8.49. The molecule has 3 N–H and O–H groups in total. The van der Waals surface area contributed by atoms with E-state index in [1.807, 2.05) is 6.92 Å². The van der Waals surface area contributed by atoms with Crippen molar-refractivity contribution in [3.63, 3.8) is 0 Å². The van der Waals surface area contributed by atoms with Crippen LogP contribution in [0.15, 0.2) is 17.4 Å². The average Bonchev–Trinajstić information content (AvgIpc) is 2.29. The smallest absolute Gasteiger partial charge is 0.256 e. The zero-order valence-corrected chi connectivity index (χ0v) is 8.60. The molecule has 0 aliphatic heterocycles. The Hall–Kier alpha value is -1.98. The SMILES string of the molecule is CCOc1ncc(/C(N)=N/O)cc1OC. The Balaban J connectivity index is 3.07. The first-order valence-electron chi connectivity index (χ1n) is 4.37. The minimum absolute atomic E-state index is 0.0242. The largest absolute Gasteiger partial charge is 0.491 e. The molecule has 0 aromatic carbocycles. The molecule has 15 heavy (non-hydrogen) atoms. The lowest BCUT2D eigenvalue weighted by molar-refractivity contribution is 0.298. The molecule has 82 valence electrons. The number of nitrogens with two attached hydrogens (primary N) is 1. The second-order valence-electron chi connectivity index (χ2n) is 2.65. The maximum absolute atomic E-state index is 8.49. The van der Waals surface area contributed by atoms with Crippen molar-refractivity contribution in [2.75, 3.05) is 13.7 Å². The van der Waals surface area contributed by atoms with Crippen LogP contribution in [0.4, 0.5) is 0 Å². The van der Waals surface area contributed by atoms with Crippen molar-refractivity contribution in [2.45, 2.75) is 6.92 Å². The molecule has 6 heteroatoms. The van der Waals surface area contributed by atoms with Crippen LogP contribution in [0.5, 0.6) is 11.6 Å². The van der Waals surface area contributed by atoms with Crippen LogP contribution in [0.2, 0.25) is 0 Å². The van der Waals surface area contributed by atoms with Crippen LogP contribution < -0.4 is 15.2 Å². The number of amidine groups is 1. The molecule has 0 aliphatic carbocycles. The molecule has 1 aromatic heterocycles. The highest BCUT2D eigenvalue weighted by Crippen LogP contribution is 2.24. The molecule has 0 saturated heterocycles. The summed E-state index contributed by atoms with van der Waals surface area (Å²) in [5.74, 6) is 0.805. The summed E-state index contributed by atoms with van der Waals surface area (Å²) in [6, 6.07) is 1.59. The number of rotatable bonds is 4. The van der Waals surface area contributed by atoms with E-state index in [0.717, 1.165) is 0 Å². The molecular weight excluding hydrogens is 198 g/mol. The minimum atomic E-state index is -0.0242. The van der Waals surface area contributed by atoms with Gasteiger partial charge in [-0.2, -0.15) is 0 Å². The predicted molar refractivity (Wildman–Crippen MR) is 54.5 cm³/mol. The van der Waals surface area contributed by atoms with Crippen molar-refractivity contribution < 1.29 is 14.7 Å². The van der Waals surface area contributed by atoms with E-state index in [9.17, 15) is 0 Å². The number of ether oxygens (including phenoxy) is 2. The van der Waals surface area contributed by atoms with Gasteiger partial charge in [0.1, 0.15) is 0 Å². The molecule has 1 rings (SSSR count). The first-order valence-corrected chi connectivity index (χ1v) is 4.37. The van der Waals surface area contributed by atoms with Gasteiger partial charge in [-0.3, -0.25) is 0 Å². The quantitative estimate of drug-likeness (QED) is 0.329. The van der Waals surface area contributed by atoms with Gasteiger partial charge in [0.15, 0.2) is 11.6 Å². The van der Waals surface area contributed by atoms with Crippen LogP contribution in [0.3, 0.4) is 0 Å². The molecule has 0 bridgehead atoms. The van der Waals surface area contributed by atoms with E-state index < -0.39 is 0 Å². The third kappa shape index (κ3) is 2.49. The lowest BCUT2D eigenvalue weighted by Crippen LogP contribution is -2.13. The third-order valence-corrected chi connectivity index (χ3v) is 1.72. The van der Waals surface area contributed by atoms with E-state index in [-0.39, 0.29) is 5.84 Å². The van der Waals surface area contributed by atoms with Crippen LogP contribution >= 0.6 is 0 Å². The van der Waals surface area contributed by atoms with Gasteiger partial charge in [-0.05, 0) is 13.0 Å². The second-order valence-corrected chi connectivity index (χ2v) is 2.65. The maximum Gasteiger partial charge on any atom is 0.256 e. The fraction of sp³-hybridized carbons (Fsp3) is 0.333. The Bertz CT molecular complexity index is 366. The first-order chi connectivity index (χ1) is 7.22. The topological polar surface area (TPSA) is 90.0 Å². The van der Waals surface area contributed by atoms with Crippen molar-refractivity contribution in [3.8, 4) is 11.6 Å². The molecule has 1 aromatic rings. The summed E-state index contributed by atoms with van der Waals surface area (Å²) >= 11 is 0. The number of oxime groups is 1. The molecule has 0 radical (unpaired) electrons. The highest BCUT2D eigenvalue weighted by atomic mass is 16.5. The summed E-state index contributed by atoms with van der Waals surface area (Å²) in [4.78, 5) is 3.99. The summed E-state index contributed by atoms with van der Waals surface area (Å²) < 4.78 is 10.3. The normalized spacial score (nSPS) is 11.2. The Morgan fingerprint density at radius 1 is 1.67 bits per heavy atom. The number of hydrogen-bond acceptors (Lipinski definition) is 5. The molecule has 0 spiro atoms. The van der Waals surface area contributed by atoms with E-state index in [1.165, 1.54) is 13.3 Å². The molecule has 0 atom stereocenters. The van der Waals surface area contributed by atoms with E-state index in [0.29, 0.717) is 23.8 Å². The van der Waals surface area contributed by atoms with Crippen LogP contribution in [-0.2, 0) is 0 Å². The third-order valence-electron chi connectivity index (χ3n) is 1.72. The summed E-state index contributed by atoms with van der Waals surface area (Å²) in [6.07, 6.45) is 1.45. The monoisotopic (exact) mass is 211 g/mol. The van der Waals surface area contributed by atoms with Gasteiger partial charge >= 0.3 is 0 Å². The number of nitrogens with zero attached hydrogens (tertiary/aromatic N) is 2. The lowest BCUT2D eigenvalue weighted by Gasteiger charge is -2.08. The van der Waals surface area contributed by atoms with E-state index in [4.69, 9.17) is 20.4 Å². The summed E-state index contributed by atoms with van der Waals surface area (Å²) in [6.45, 7) is 2.34. The summed E-state index contributed by atoms with van der Waals surface area (Å²) in [5.41, 5.74) is 5.88. The zero-order chi connectivity index (χ0) is 11.3. The number of hydrogen-bond donors (Lipinski definition) is 2. The highest BCUT2D eigenvalue weighted by Gasteiger charge is 2.09. The van der Waals surface area contributed by atoms with E-state index in [2.05, 4.69) is 10.1 Å². The number of aromatic nitrogens is 1. The van der Waals surface area contributed by atoms with Crippen molar-refractivity contribution >= 4 is 5.84 Å².